The molecule has 1 fully saturated rings. The highest BCUT2D eigenvalue weighted by molar-refractivity contribution is 4.99. The summed E-state index contributed by atoms with van der Waals surface area (Å²) in [5.74, 6) is 1.50. The molecule has 1 saturated carbocycles. The third kappa shape index (κ3) is 2.29. The SMILES string of the molecule is CC(C)NC1(CN)CCCC(C)C1C. The van der Waals surface area contributed by atoms with Crippen molar-refractivity contribution in [2.24, 2.45) is 17.6 Å². The molecule has 0 radical (unpaired) electrons. The first-order valence-electron chi connectivity index (χ1n) is 5.99. The molecule has 3 atom stereocenters. The van der Waals surface area contributed by atoms with Gasteiger partial charge in [0, 0.05) is 18.1 Å². The van der Waals surface area contributed by atoms with Crippen LogP contribution in [0.4, 0.5) is 0 Å². The Bertz CT molecular complexity index is 179. The van der Waals surface area contributed by atoms with E-state index in [0.29, 0.717) is 12.0 Å². The van der Waals surface area contributed by atoms with Crippen LogP contribution in [0, 0.1) is 11.8 Å². The van der Waals surface area contributed by atoms with Crippen LogP contribution in [-0.4, -0.2) is 18.1 Å². The predicted octanol–water partition coefficient (Wildman–Crippen LogP) is 2.14. The second-order valence-corrected chi connectivity index (χ2v) is 5.32. The summed E-state index contributed by atoms with van der Waals surface area (Å²) >= 11 is 0. The zero-order chi connectivity index (χ0) is 10.8. The fraction of sp³-hybridized carbons (Fsp3) is 1.00. The van der Waals surface area contributed by atoms with Crippen LogP contribution in [0.3, 0.4) is 0 Å². The molecule has 0 aliphatic heterocycles. The highest BCUT2D eigenvalue weighted by Gasteiger charge is 2.40. The summed E-state index contributed by atoms with van der Waals surface area (Å²) in [4.78, 5) is 0. The van der Waals surface area contributed by atoms with Crippen molar-refractivity contribution >= 4 is 0 Å². The molecule has 0 aromatic carbocycles. The van der Waals surface area contributed by atoms with Gasteiger partial charge in [-0.2, -0.15) is 0 Å². The van der Waals surface area contributed by atoms with E-state index in [1.165, 1.54) is 19.3 Å². The van der Waals surface area contributed by atoms with Crippen molar-refractivity contribution in [3.05, 3.63) is 0 Å². The van der Waals surface area contributed by atoms with Crippen LogP contribution in [0.15, 0.2) is 0 Å². The van der Waals surface area contributed by atoms with Crippen molar-refractivity contribution in [1.29, 1.82) is 0 Å². The van der Waals surface area contributed by atoms with Gasteiger partial charge in [-0.15, -0.1) is 0 Å². The Morgan fingerprint density at radius 3 is 2.57 bits per heavy atom. The van der Waals surface area contributed by atoms with Crippen LogP contribution in [-0.2, 0) is 0 Å². The van der Waals surface area contributed by atoms with Crippen molar-refractivity contribution in [1.82, 2.24) is 5.32 Å². The summed E-state index contributed by atoms with van der Waals surface area (Å²) in [5.41, 5.74) is 6.18. The quantitative estimate of drug-likeness (QED) is 0.729. The lowest BCUT2D eigenvalue weighted by atomic mass is 9.68. The van der Waals surface area contributed by atoms with E-state index in [-0.39, 0.29) is 5.54 Å². The molecule has 0 aromatic rings. The molecule has 0 amide bonds. The fourth-order valence-corrected chi connectivity index (χ4v) is 2.89. The Morgan fingerprint density at radius 2 is 2.07 bits per heavy atom. The van der Waals surface area contributed by atoms with Crippen LogP contribution in [0.2, 0.25) is 0 Å². The lowest BCUT2D eigenvalue weighted by Gasteiger charge is -2.47. The number of hydrogen-bond acceptors (Lipinski definition) is 2. The molecule has 1 aliphatic rings. The topological polar surface area (TPSA) is 38.0 Å². The zero-order valence-corrected chi connectivity index (χ0v) is 10.1. The highest BCUT2D eigenvalue weighted by atomic mass is 15.0. The molecule has 1 aliphatic carbocycles. The predicted molar refractivity (Wildman–Crippen MR) is 62.2 cm³/mol. The third-order valence-electron chi connectivity index (χ3n) is 3.95. The van der Waals surface area contributed by atoms with Gasteiger partial charge in [0.15, 0.2) is 0 Å². The van der Waals surface area contributed by atoms with Crippen molar-refractivity contribution in [3.8, 4) is 0 Å². The van der Waals surface area contributed by atoms with Gasteiger partial charge in [-0.05, 0) is 18.3 Å². The third-order valence-corrected chi connectivity index (χ3v) is 3.95. The molecular weight excluding hydrogens is 172 g/mol. The summed E-state index contributed by atoms with van der Waals surface area (Å²) in [6, 6.07) is 0.534. The monoisotopic (exact) mass is 198 g/mol. The Balaban J connectivity index is 2.74. The maximum atomic E-state index is 5.98. The average Bonchev–Trinajstić information content (AvgIpc) is 2.12. The van der Waals surface area contributed by atoms with Crippen molar-refractivity contribution in [2.75, 3.05) is 6.54 Å². The highest BCUT2D eigenvalue weighted by Crippen LogP contribution is 2.37. The molecule has 2 nitrogen and oxygen atoms in total. The lowest BCUT2D eigenvalue weighted by molar-refractivity contribution is 0.103. The number of nitrogens with one attached hydrogen (secondary N) is 1. The molecule has 1 rings (SSSR count). The first kappa shape index (κ1) is 12.0. The summed E-state index contributed by atoms with van der Waals surface area (Å²) in [6.45, 7) is 9.91. The number of hydrogen-bond donors (Lipinski definition) is 2. The lowest BCUT2D eigenvalue weighted by Crippen LogP contribution is -2.60. The first-order valence-corrected chi connectivity index (χ1v) is 5.99. The van der Waals surface area contributed by atoms with Crippen LogP contribution in [0.1, 0.15) is 47.0 Å². The second-order valence-electron chi connectivity index (χ2n) is 5.32. The van der Waals surface area contributed by atoms with E-state index >= 15 is 0 Å². The van der Waals surface area contributed by atoms with Gasteiger partial charge < -0.3 is 11.1 Å². The maximum absolute atomic E-state index is 5.98. The van der Waals surface area contributed by atoms with Gasteiger partial charge in [0.1, 0.15) is 0 Å². The number of nitrogens with two attached hydrogens (primary N) is 1. The van der Waals surface area contributed by atoms with Crippen LogP contribution in [0.5, 0.6) is 0 Å². The van der Waals surface area contributed by atoms with E-state index < -0.39 is 0 Å². The van der Waals surface area contributed by atoms with Gasteiger partial charge in [0.05, 0.1) is 0 Å². The van der Waals surface area contributed by atoms with E-state index in [1.54, 1.807) is 0 Å². The average molecular weight is 198 g/mol. The summed E-state index contributed by atoms with van der Waals surface area (Å²) in [7, 11) is 0. The maximum Gasteiger partial charge on any atom is 0.0334 e. The second kappa shape index (κ2) is 4.63. The van der Waals surface area contributed by atoms with Gasteiger partial charge in [-0.3, -0.25) is 0 Å². The van der Waals surface area contributed by atoms with Gasteiger partial charge in [0.25, 0.3) is 0 Å². The van der Waals surface area contributed by atoms with E-state index in [0.717, 1.165) is 12.5 Å². The van der Waals surface area contributed by atoms with Gasteiger partial charge >= 0.3 is 0 Å². The molecule has 3 N–H and O–H groups in total. The largest absolute Gasteiger partial charge is 0.329 e. The Hall–Kier alpha value is -0.0800. The molecular formula is C12H26N2. The fourth-order valence-electron chi connectivity index (χ4n) is 2.89. The van der Waals surface area contributed by atoms with E-state index in [2.05, 4.69) is 33.0 Å². The summed E-state index contributed by atoms with van der Waals surface area (Å²) in [6.07, 6.45) is 3.93. The van der Waals surface area contributed by atoms with Crippen molar-refractivity contribution < 1.29 is 0 Å². The molecule has 0 heterocycles. The van der Waals surface area contributed by atoms with Gasteiger partial charge in [-0.1, -0.05) is 40.5 Å². The molecule has 0 saturated heterocycles. The number of rotatable bonds is 3. The molecule has 84 valence electrons. The minimum atomic E-state index is 0.200. The molecule has 14 heavy (non-hydrogen) atoms. The Kier molecular flexibility index (Phi) is 3.96. The molecule has 0 spiro atoms. The summed E-state index contributed by atoms with van der Waals surface area (Å²) < 4.78 is 0. The van der Waals surface area contributed by atoms with Crippen molar-refractivity contribution in [3.63, 3.8) is 0 Å². The standard InChI is InChI=1S/C12H26N2/c1-9(2)14-12(8-13)7-5-6-10(3)11(12)4/h9-11,14H,5-8,13H2,1-4H3. The van der Waals surface area contributed by atoms with E-state index in [9.17, 15) is 0 Å². The van der Waals surface area contributed by atoms with E-state index in [4.69, 9.17) is 5.73 Å². The normalized spacial score (nSPS) is 39.0. The minimum absolute atomic E-state index is 0.200. The molecule has 2 heteroatoms. The van der Waals surface area contributed by atoms with Gasteiger partial charge in [-0.25, -0.2) is 0 Å². The van der Waals surface area contributed by atoms with Gasteiger partial charge in [0.2, 0.25) is 0 Å². The van der Waals surface area contributed by atoms with Crippen molar-refractivity contribution in [2.45, 2.75) is 58.5 Å². The first-order chi connectivity index (χ1) is 6.52. The Morgan fingerprint density at radius 1 is 1.43 bits per heavy atom. The molecule has 0 aromatic heterocycles. The molecule has 0 bridgehead atoms. The molecule has 3 unspecified atom stereocenters. The van der Waals surface area contributed by atoms with E-state index in [1.807, 2.05) is 0 Å². The van der Waals surface area contributed by atoms with Crippen LogP contribution >= 0.6 is 0 Å². The zero-order valence-electron chi connectivity index (χ0n) is 10.1. The van der Waals surface area contributed by atoms with Crippen LogP contribution in [0.25, 0.3) is 0 Å². The Labute approximate surface area is 88.6 Å². The van der Waals surface area contributed by atoms with Crippen LogP contribution < -0.4 is 11.1 Å². The minimum Gasteiger partial charge on any atom is -0.329 e. The smallest absolute Gasteiger partial charge is 0.0334 e. The summed E-state index contributed by atoms with van der Waals surface area (Å²) in [5, 5.41) is 3.70.